The summed E-state index contributed by atoms with van der Waals surface area (Å²) in [6.07, 6.45) is -4.76. The van der Waals surface area contributed by atoms with Crippen LogP contribution < -0.4 is 4.74 Å². The van der Waals surface area contributed by atoms with Crippen LogP contribution in [0.1, 0.15) is 16.1 Å². The van der Waals surface area contributed by atoms with E-state index in [1.165, 1.54) is 24.3 Å². The highest BCUT2D eigenvalue weighted by Gasteiger charge is 2.31. The quantitative estimate of drug-likeness (QED) is 0.623. The number of ketones is 1. The molecule has 124 valence electrons. The molecule has 0 radical (unpaired) electrons. The van der Waals surface area contributed by atoms with E-state index in [4.69, 9.17) is 11.6 Å². The molecule has 0 aliphatic rings. The van der Waals surface area contributed by atoms with Crippen molar-refractivity contribution < 1.29 is 22.7 Å². The van der Waals surface area contributed by atoms with E-state index in [2.05, 4.69) is 4.74 Å². The van der Waals surface area contributed by atoms with Gasteiger partial charge in [0.2, 0.25) is 5.78 Å². The van der Waals surface area contributed by atoms with Gasteiger partial charge in [0.25, 0.3) is 0 Å². The average Bonchev–Trinajstić information content (AvgIpc) is 2.82. The van der Waals surface area contributed by atoms with Gasteiger partial charge in [0.05, 0.1) is 5.69 Å². The highest BCUT2D eigenvalue weighted by Crippen LogP contribution is 2.29. The zero-order chi connectivity index (χ0) is 17.5. The lowest BCUT2D eigenvalue weighted by molar-refractivity contribution is -0.274. The van der Waals surface area contributed by atoms with Gasteiger partial charge in [-0.05, 0) is 48.5 Å². The molecule has 0 saturated heterocycles. The van der Waals surface area contributed by atoms with Crippen molar-refractivity contribution in [2.24, 2.45) is 7.05 Å². The number of alkyl halides is 3. The molecule has 0 unspecified atom stereocenters. The highest BCUT2D eigenvalue weighted by atomic mass is 35.5. The first kappa shape index (κ1) is 16.4. The SMILES string of the molecule is Cn1c(C(=O)c2ccc(Cl)cc2)cc2cc(OC(F)(F)F)ccc21. The number of benzene rings is 2. The molecule has 1 aromatic heterocycles. The lowest BCUT2D eigenvalue weighted by Gasteiger charge is -2.08. The zero-order valence-corrected chi connectivity index (χ0v) is 13.2. The third kappa shape index (κ3) is 3.23. The monoisotopic (exact) mass is 353 g/mol. The van der Waals surface area contributed by atoms with Crippen LogP contribution in [0.25, 0.3) is 10.9 Å². The number of aryl methyl sites for hydroxylation is 1. The predicted molar refractivity (Wildman–Crippen MR) is 84.5 cm³/mol. The Kier molecular flexibility index (Phi) is 4.01. The number of hydrogen-bond acceptors (Lipinski definition) is 2. The third-order valence-electron chi connectivity index (χ3n) is 3.59. The number of aromatic nitrogens is 1. The summed E-state index contributed by atoms with van der Waals surface area (Å²) in [7, 11) is 1.68. The fourth-order valence-corrected chi connectivity index (χ4v) is 2.62. The van der Waals surface area contributed by atoms with Gasteiger partial charge in [-0.3, -0.25) is 4.79 Å². The summed E-state index contributed by atoms with van der Waals surface area (Å²) in [4.78, 5) is 12.6. The standard InChI is InChI=1S/C17H11ClF3NO2/c1-22-14-7-6-13(24-17(19,20)21)8-11(14)9-15(22)16(23)10-2-4-12(18)5-3-10/h2-9H,1H3. The van der Waals surface area contributed by atoms with Crippen LogP contribution in [0, 0.1) is 0 Å². The van der Waals surface area contributed by atoms with Crippen LogP contribution in [0.15, 0.2) is 48.5 Å². The Labute approximate surface area is 140 Å². The number of fused-ring (bicyclic) bond motifs is 1. The number of rotatable bonds is 3. The minimum Gasteiger partial charge on any atom is -0.406 e. The lowest BCUT2D eigenvalue weighted by Crippen LogP contribution is -2.16. The van der Waals surface area contributed by atoms with E-state index in [1.54, 1.807) is 35.9 Å². The normalized spacial score (nSPS) is 11.7. The maximum absolute atomic E-state index is 12.6. The Morgan fingerprint density at radius 2 is 1.75 bits per heavy atom. The zero-order valence-electron chi connectivity index (χ0n) is 12.4. The molecule has 0 saturated carbocycles. The average molecular weight is 354 g/mol. The molecule has 0 fully saturated rings. The van der Waals surface area contributed by atoms with E-state index in [-0.39, 0.29) is 11.5 Å². The molecule has 0 aliphatic heterocycles. The largest absolute Gasteiger partial charge is 0.573 e. The summed E-state index contributed by atoms with van der Waals surface area (Å²) in [5, 5.41) is 0.995. The van der Waals surface area contributed by atoms with Crippen LogP contribution in [0.2, 0.25) is 5.02 Å². The maximum atomic E-state index is 12.6. The van der Waals surface area contributed by atoms with Crippen LogP contribution in [0.3, 0.4) is 0 Å². The van der Waals surface area contributed by atoms with Gasteiger partial charge >= 0.3 is 6.36 Å². The van der Waals surface area contributed by atoms with Gasteiger partial charge in [0.1, 0.15) is 5.75 Å². The first-order valence-electron chi connectivity index (χ1n) is 6.90. The molecule has 2 aromatic carbocycles. The predicted octanol–water partition coefficient (Wildman–Crippen LogP) is 4.96. The Bertz CT molecular complexity index is 914. The molecule has 0 aliphatic carbocycles. The summed E-state index contributed by atoms with van der Waals surface area (Å²) in [5.41, 5.74) is 1.43. The van der Waals surface area contributed by atoms with Gasteiger partial charge in [-0.25, -0.2) is 0 Å². The molecule has 7 heteroatoms. The van der Waals surface area contributed by atoms with Crippen molar-refractivity contribution in [3.8, 4) is 5.75 Å². The minimum atomic E-state index is -4.76. The van der Waals surface area contributed by atoms with Crippen LogP contribution >= 0.6 is 11.6 Å². The van der Waals surface area contributed by atoms with E-state index >= 15 is 0 Å². The number of halogens is 4. The van der Waals surface area contributed by atoms with Gasteiger partial charge in [0, 0.05) is 28.5 Å². The van der Waals surface area contributed by atoms with Crippen molar-refractivity contribution in [1.29, 1.82) is 0 Å². The van der Waals surface area contributed by atoms with E-state index in [0.717, 1.165) is 0 Å². The van der Waals surface area contributed by atoms with Gasteiger partial charge in [-0.2, -0.15) is 0 Å². The summed E-state index contributed by atoms with van der Waals surface area (Å²) in [6, 6.07) is 11.9. The molecule has 3 nitrogen and oxygen atoms in total. The van der Waals surface area contributed by atoms with Gasteiger partial charge in [-0.15, -0.1) is 13.2 Å². The highest BCUT2D eigenvalue weighted by molar-refractivity contribution is 6.30. The lowest BCUT2D eigenvalue weighted by atomic mass is 10.1. The molecule has 3 aromatic rings. The fraction of sp³-hybridized carbons (Fsp3) is 0.118. The van der Waals surface area contributed by atoms with Crippen molar-refractivity contribution in [3.05, 3.63) is 64.8 Å². The van der Waals surface area contributed by atoms with E-state index < -0.39 is 6.36 Å². The smallest absolute Gasteiger partial charge is 0.406 e. The molecule has 1 heterocycles. The molecule has 24 heavy (non-hydrogen) atoms. The molecule has 3 rings (SSSR count). The van der Waals surface area contributed by atoms with Gasteiger partial charge < -0.3 is 9.30 Å². The number of carbonyl (C=O) groups is 1. The number of hydrogen-bond donors (Lipinski definition) is 0. The molecule has 0 bridgehead atoms. The van der Waals surface area contributed by atoms with E-state index in [0.29, 0.717) is 27.2 Å². The number of carbonyl (C=O) groups excluding carboxylic acids is 1. The Morgan fingerprint density at radius 1 is 1.08 bits per heavy atom. The first-order valence-corrected chi connectivity index (χ1v) is 7.28. The molecule has 0 N–H and O–H groups in total. The summed E-state index contributed by atoms with van der Waals surface area (Å²) in [6.45, 7) is 0. The third-order valence-corrected chi connectivity index (χ3v) is 3.84. The Hall–Kier alpha value is -2.47. The topological polar surface area (TPSA) is 31.2 Å². The first-order chi connectivity index (χ1) is 11.2. The van der Waals surface area contributed by atoms with Gasteiger partial charge in [-0.1, -0.05) is 11.6 Å². The van der Waals surface area contributed by atoms with Crippen molar-refractivity contribution in [2.45, 2.75) is 6.36 Å². The van der Waals surface area contributed by atoms with Crippen LogP contribution in [0.5, 0.6) is 5.75 Å². The second kappa shape index (κ2) is 5.87. The molecule has 0 amide bonds. The Morgan fingerprint density at radius 3 is 2.38 bits per heavy atom. The second-order valence-corrected chi connectivity index (χ2v) is 5.63. The van der Waals surface area contributed by atoms with Crippen LogP contribution in [-0.4, -0.2) is 16.7 Å². The summed E-state index contributed by atoms with van der Waals surface area (Å²) < 4.78 is 42.5. The number of ether oxygens (including phenoxy) is 1. The summed E-state index contributed by atoms with van der Waals surface area (Å²) in [5.74, 6) is -0.574. The van der Waals surface area contributed by atoms with Crippen molar-refractivity contribution in [2.75, 3.05) is 0 Å². The van der Waals surface area contributed by atoms with Gasteiger partial charge in [0.15, 0.2) is 0 Å². The molecular weight excluding hydrogens is 343 g/mol. The number of nitrogens with zero attached hydrogens (tertiary/aromatic N) is 1. The second-order valence-electron chi connectivity index (χ2n) is 5.19. The van der Waals surface area contributed by atoms with Crippen LogP contribution in [0.4, 0.5) is 13.2 Å². The Balaban J connectivity index is 2.01. The van der Waals surface area contributed by atoms with E-state index in [1.807, 2.05) is 0 Å². The van der Waals surface area contributed by atoms with Crippen LogP contribution in [-0.2, 0) is 7.05 Å². The maximum Gasteiger partial charge on any atom is 0.573 e. The van der Waals surface area contributed by atoms with Crippen molar-refractivity contribution in [1.82, 2.24) is 4.57 Å². The minimum absolute atomic E-state index is 0.247. The summed E-state index contributed by atoms with van der Waals surface area (Å²) >= 11 is 5.81. The van der Waals surface area contributed by atoms with E-state index in [9.17, 15) is 18.0 Å². The molecule has 0 spiro atoms. The molecular formula is C17H11ClF3NO2. The fourth-order valence-electron chi connectivity index (χ4n) is 2.49. The molecule has 0 atom stereocenters. The van der Waals surface area contributed by atoms with Crippen molar-refractivity contribution in [3.63, 3.8) is 0 Å². The van der Waals surface area contributed by atoms with Crippen molar-refractivity contribution >= 4 is 28.3 Å².